The van der Waals surface area contributed by atoms with E-state index in [2.05, 4.69) is 15.9 Å². The number of halogens is 1. The lowest BCUT2D eigenvalue weighted by Crippen LogP contribution is -2.10. The summed E-state index contributed by atoms with van der Waals surface area (Å²) >= 11 is 3.14. The fraction of sp³-hybridized carbons (Fsp3) is 0.500. The van der Waals surface area contributed by atoms with Crippen LogP contribution in [0.25, 0.3) is 0 Å². The van der Waals surface area contributed by atoms with Gasteiger partial charge in [-0.1, -0.05) is 15.9 Å². The molecule has 0 bridgehead atoms. The SMILES string of the molecule is CC(O)c1cc(Br)cc([N+](=O)[O-])c1OCCCS(C)(=O)=O. The van der Waals surface area contributed by atoms with Gasteiger partial charge in [0.1, 0.15) is 9.84 Å². The lowest BCUT2D eigenvalue weighted by atomic mass is 10.1. The molecular formula is C12H16BrNO6S. The van der Waals surface area contributed by atoms with Gasteiger partial charge in [0.2, 0.25) is 5.75 Å². The predicted molar refractivity (Wildman–Crippen MR) is 81.3 cm³/mol. The number of hydrogen-bond acceptors (Lipinski definition) is 6. The number of aliphatic hydroxyl groups is 1. The Morgan fingerprint density at radius 2 is 2.10 bits per heavy atom. The van der Waals surface area contributed by atoms with Crippen molar-refractivity contribution >= 4 is 31.5 Å². The van der Waals surface area contributed by atoms with Crippen LogP contribution in [0.15, 0.2) is 16.6 Å². The molecule has 0 aromatic heterocycles. The van der Waals surface area contributed by atoms with Crippen molar-refractivity contribution in [2.45, 2.75) is 19.4 Å². The van der Waals surface area contributed by atoms with E-state index in [1.807, 2.05) is 0 Å². The Labute approximate surface area is 131 Å². The summed E-state index contributed by atoms with van der Waals surface area (Å²) in [5.41, 5.74) is -0.00457. The van der Waals surface area contributed by atoms with Crippen LogP contribution in [0, 0.1) is 10.1 Å². The van der Waals surface area contributed by atoms with Crippen LogP contribution in [0.3, 0.4) is 0 Å². The number of nitrogens with zero attached hydrogens (tertiary/aromatic N) is 1. The smallest absolute Gasteiger partial charge is 0.312 e. The summed E-state index contributed by atoms with van der Waals surface area (Å²) in [5.74, 6) is -0.104. The van der Waals surface area contributed by atoms with Crippen LogP contribution in [-0.4, -0.2) is 37.1 Å². The van der Waals surface area contributed by atoms with Gasteiger partial charge >= 0.3 is 5.69 Å². The monoisotopic (exact) mass is 381 g/mol. The summed E-state index contributed by atoms with van der Waals surface area (Å²) in [7, 11) is -3.11. The van der Waals surface area contributed by atoms with Gasteiger partial charge in [-0.15, -0.1) is 0 Å². The lowest BCUT2D eigenvalue weighted by Gasteiger charge is -2.14. The molecule has 7 nitrogen and oxygen atoms in total. The van der Waals surface area contributed by atoms with E-state index in [9.17, 15) is 23.6 Å². The van der Waals surface area contributed by atoms with Crippen molar-refractivity contribution in [3.63, 3.8) is 0 Å². The van der Waals surface area contributed by atoms with Crippen molar-refractivity contribution in [1.82, 2.24) is 0 Å². The average molecular weight is 382 g/mol. The third-order valence-electron chi connectivity index (χ3n) is 2.62. The second-order valence-electron chi connectivity index (χ2n) is 4.61. The van der Waals surface area contributed by atoms with Gasteiger partial charge in [0.25, 0.3) is 0 Å². The number of hydrogen-bond donors (Lipinski definition) is 1. The minimum Gasteiger partial charge on any atom is -0.487 e. The average Bonchev–Trinajstić information content (AvgIpc) is 2.33. The Kier molecular flexibility index (Phi) is 6.11. The maximum absolute atomic E-state index is 11.1. The highest BCUT2D eigenvalue weighted by atomic mass is 79.9. The Morgan fingerprint density at radius 3 is 2.57 bits per heavy atom. The summed E-state index contributed by atoms with van der Waals surface area (Å²) in [6, 6.07) is 2.81. The summed E-state index contributed by atoms with van der Waals surface area (Å²) in [5, 5.41) is 20.8. The Bertz CT molecular complexity index is 629. The van der Waals surface area contributed by atoms with Crippen molar-refractivity contribution in [1.29, 1.82) is 0 Å². The summed E-state index contributed by atoms with van der Waals surface area (Å²) in [6.45, 7) is 1.48. The van der Waals surface area contributed by atoms with Gasteiger partial charge in [-0.25, -0.2) is 8.42 Å². The van der Waals surface area contributed by atoms with E-state index in [1.165, 1.54) is 19.1 Å². The molecule has 0 spiro atoms. The van der Waals surface area contributed by atoms with Crippen LogP contribution in [0.1, 0.15) is 25.0 Å². The van der Waals surface area contributed by atoms with E-state index >= 15 is 0 Å². The van der Waals surface area contributed by atoms with Crippen LogP contribution >= 0.6 is 15.9 Å². The first-order valence-electron chi connectivity index (χ1n) is 6.08. The summed E-state index contributed by atoms with van der Waals surface area (Å²) in [6.07, 6.45) is 0.368. The zero-order valence-corrected chi connectivity index (χ0v) is 14.0. The number of sulfone groups is 1. The van der Waals surface area contributed by atoms with Gasteiger partial charge in [-0.3, -0.25) is 10.1 Å². The molecule has 1 aromatic carbocycles. The molecular weight excluding hydrogens is 366 g/mol. The number of ether oxygens (including phenoxy) is 1. The molecule has 0 fully saturated rings. The highest BCUT2D eigenvalue weighted by Crippen LogP contribution is 2.37. The molecule has 0 aliphatic carbocycles. The van der Waals surface area contributed by atoms with Gasteiger partial charge in [-0.2, -0.15) is 0 Å². The van der Waals surface area contributed by atoms with Gasteiger partial charge in [0.05, 0.1) is 23.4 Å². The van der Waals surface area contributed by atoms with Crippen LogP contribution in [0.4, 0.5) is 5.69 Å². The Balaban J connectivity index is 3.00. The van der Waals surface area contributed by atoms with Gasteiger partial charge < -0.3 is 9.84 Å². The molecule has 1 rings (SSSR count). The van der Waals surface area contributed by atoms with E-state index < -0.39 is 20.9 Å². The highest BCUT2D eigenvalue weighted by Gasteiger charge is 2.23. The van der Waals surface area contributed by atoms with Crippen LogP contribution in [0.5, 0.6) is 5.75 Å². The van der Waals surface area contributed by atoms with E-state index in [1.54, 1.807) is 0 Å². The third-order valence-corrected chi connectivity index (χ3v) is 4.10. The largest absolute Gasteiger partial charge is 0.487 e. The van der Waals surface area contributed by atoms with Crippen molar-refractivity contribution in [3.05, 3.63) is 32.3 Å². The first-order valence-corrected chi connectivity index (χ1v) is 8.93. The van der Waals surface area contributed by atoms with Crippen LogP contribution < -0.4 is 4.74 Å². The van der Waals surface area contributed by atoms with E-state index in [-0.39, 0.29) is 35.8 Å². The van der Waals surface area contributed by atoms with Crippen LogP contribution in [-0.2, 0) is 9.84 Å². The number of nitro benzene ring substituents is 1. The zero-order valence-electron chi connectivity index (χ0n) is 11.6. The second-order valence-corrected chi connectivity index (χ2v) is 7.78. The molecule has 9 heteroatoms. The summed E-state index contributed by atoms with van der Waals surface area (Å²) < 4.78 is 27.9. The summed E-state index contributed by atoms with van der Waals surface area (Å²) in [4.78, 5) is 10.5. The van der Waals surface area contributed by atoms with E-state index in [0.29, 0.717) is 4.47 Å². The molecule has 1 aromatic rings. The Hall–Kier alpha value is -1.19. The first-order chi connectivity index (χ1) is 9.61. The molecule has 0 amide bonds. The van der Waals surface area contributed by atoms with Crippen molar-refractivity contribution < 1.29 is 23.2 Å². The number of benzene rings is 1. The number of nitro groups is 1. The maximum atomic E-state index is 11.1. The van der Waals surface area contributed by atoms with Gasteiger partial charge in [0.15, 0.2) is 0 Å². The molecule has 0 aliphatic rings. The number of aliphatic hydroxyl groups excluding tert-OH is 1. The third kappa shape index (κ3) is 5.60. The van der Waals surface area contributed by atoms with E-state index in [0.717, 1.165) is 6.26 Å². The molecule has 0 saturated carbocycles. The normalized spacial score (nSPS) is 13.0. The Morgan fingerprint density at radius 1 is 1.48 bits per heavy atom. The molecule has 0 saturated heterocycles. The molecule has 118 valence electrons. The van der Waals surface area contributed by atoms with Crippen LogP contribution in [0.2, 0.25) is 0 Å². The predicted octanol–water partition coefficient (Wildman–Crippen LogP) is 2.22. The fourth-order valence-corrected chi connectivity index (χ4v) is 2.80. The molecule has 21 heavy (non-hydrogen) atoms. The van der Waals surface area contributed by atoms with Crippen molar-refractivity contribution in [3.8, 4) is 5.75 Å². The second kappa shape index (κ2) is 7.19. The molecule has 1 atom stereocenters. The van der Waals surface area contributed by atoms with Crippen molar-refractivity contribution in [2.24, 2.45) is 0 Å². The lowest BCUT2D eigenvalue weighted by molar-refractivity contribution is -0.386. The van der Waals surface area contributed by atoms with Gasteiger partial charge in [-0.05, 0) is 19.4 Å². The fourth-order valence-electron chi connectivity index (χ4n) is 1.70. The first kappa shape index (κ1) is 17.9. The molecule has 1 N–H and O–H groups in total. The molecule has 1 unspecified atom stereocenters. The highest BCUT2D eigenvalue weighted by molar-refractivity contribution is 9.10. The van der Waals surface area contributed by atoms with Gasteiger partial charge in [0, 0.05) is 22.4 Å². The van der Waals surface area contributed by atoms with Crippen molar-refractivity contribution in [2.75, 3.05) is 18.6 Å². The minimum atomic E-state index is -3.11. The minimum absolute atomic E-state index is 0.00919. The molecule has 0 heterocycles. The molecule has 0 radical (unpaired) electrons. The topological polar surface area (TPSA) is 107 Å². The standard InChI is InChI=1S/C12H16BrNO6S/c1-8(15)10-6-9(13)7-11(14(16)17)12(10)20-4-3-5-21(2,18)19/h6-8,15H,3-5H2,1-2H3. The van der Waals surface area contributed by atoms with E-state index in [4.69, 9.17) is 4.74 Å². The molecule has 0 aliphatic heterocycles. The zero-order chi connectivity index (χ0) is 16.2. The number of rotatable bonds is 7. The quantitative estimate of drug-likeness (QED) is 0.440. The maximum Gasteiger partial charge on any atom is 0.312 e.